The zero-order valence-corrected chi connectivity index (χ0v) is 20.7. The Bertz CT molecular complexity index is 725. The number of nitrogens with one attached hydrogen (secondary N) is 2. The van der Waals surface area contributed by atoms with Gasteiger partial charge in [0.15, 0.2) is 5.96 Å². The van der Waals surface area contributed by atoms with Crippen LogP contribution in [0.15, 0.2) is 29.3 Å². The van der Waals surface area contributed by atoms with Crippen LogP contribution in [0, 0.1) is 5.92 Å². The number of hydrogen-bond donors (Lipinski definition) is 3. The van der Waals surface area contributed by atoms with Gasteiger partial charge in [-0.25, -0.2) is 4.99 Å². The summed E-state index contributed by atoms with van der Waals surface area (Å²) in [5.41, 5.74) is 7.97. The molecule has 2 rings (SSSR count). The van der Waals surface area contributed by atoms with Crippen LogP contribution in [0.4, 0.5) is 0 Å². The molecule has 0 spiro atoms. The van der Waals surface area contributed by atoms with Gasteiger partial charge in [-0.3, -0.25) is 14.6 Å². The first-order valence-corrected chi connectivity index (χ1v) is 12.2. The maximum Gasteiger partial charge on any atom is 0.221 e. The molecule has 1 aliphatic rings. The first-order chi connectivity index (χ1) is 15.3. The zero-order chi connectivity index (χ0) is 23.5. The van der Waals surface area contributed by atoms with E-state index in [1.807, 2.05) is 0 Å². The number of carbonyl (C=O) groups is 1. The topological polar surface area (TPSA) is 86.0 Å². The number of primary amides is 1. The number of nitrogens with two attached hydrogens (primary N) is 1. The van der Waals surface area contributed by atoms with Crippen molar-refractivity contribution in [2.75, 3.05) is 32.7 Å². The van der Waals surface area contributed by atoms with Crippen molar-refractivity contribution in [1.29, 1.82) is 0 Å². The highest BCUT2D eigenvalue weighted by molar-refractivity contribution is 5.79. The molecule has 0 aliphatic carbocycles. The number of amides is 1. The predicted molar refractivity (Wildman–Crippen MR) is 133 cm³/mol. The van der Waals surface area contributed by atoms with Crippen LogP contribution in [0.2, 0.25) is 0 Å². The Hall–Kier alpha value is -2.12. The fourth-order valence-corrected chi connectivity index (χ4v) is 4.44. The minimum absolute atomic E-state index is 0.0207. The van der Waals surface area contributed by atoms with E-state index in [-0.39, 0.29) is 11.8 Å². The van der Waals surface area contributed by atoms with Gasteiger partial charge in [-0.15, -0.1) is 0 Å². The van der Waals surface area contributed by atoms with Gasteiger partial charge >= 0.3 is 0 Å². The average molecular weight is 445 g/mol. The van der Waals surface area contributed by atoms with E-state index in [4.69, 9.17) is 10.7 Å². The summed E-state index contributed by atoms with van der Waals surface area (Å²) in [6.45, 7) is 17.0. The van der Waals surface area contributed by atoms with Crippen molar-refractivity contribution in [2.45, 2.75) is 72.6 Å². The number of piperidine rings is 1. The van der Waals surface area contributed by atoms with Crippen LogP contribution in [0.3, 0.4) is 0 Å². The molecule has 7 nitrogen and oxygen atoms in total. The number of nitrogens with zero attached hydrogens (tertiary/aromatic N) is 3. The van der Waals surface area contributed by atoms with E-state index in [9.17, 15) is 4.79 Å². The third-order valence-corrected chi connectivity index (χ3v) is 6.06. The molecular weight excluding hydrogens is 400 g/mol. The Kier molecular flexibility index (Phi) is 11.0. The summed E-state index contributed by atoms with van der Waals surface area (Å²) in [4.78, 5) is 21.2. The Balaban J connectivity index is 1.92. The quantitative estimate of drug-likeness (QED) is 0.361. The fraction of sp³-hybridized carbons (Fsp3) is 0.680. The van der Waals surface area contributed by atoms with E-state index in [2.05, 4.69) is 79.3 Å². The lowest BCUT2D eigenvalue weighted by atomic mass is 9.97. The molecule has 1 amide bonds. The van der Waals surface area contributed by atoms with Gasteiger partial charge in [0.2, 0.25) is 5.91 Å². The smallest absolute Gasteiger partial charge is 0.221 e. The Morgan fingerprint density at radius 2 is 1.94 bits per heavy atom. The van der Waals surface area contributed by atoms with E-state index in [1.165, 1.54) is 11.1 Å². The van der Waals surface area contributed by atoms with Gasteiger partial charge in [-0.2, -0.15) is 0 Å². The summed E-state index contributed by atoms with van der Waals surface area (Å²) in [6.07, 6.45) is 1.94. The highest BCUT2D eigenvalue weighted by atomic mass is 16.1. The predicted octanol–water partition coefficient (Wildman–Crippen LogP) is 2.56. The van der Waals surface area contributed by atoms with Gasteiger partial charge in [-0.1, -0.05) is 24.3 Å². The van der Waals surface area contributed by atoms with Crippen molar-refractivity contribution < 1.29 is 4.79 Å². The van der Waals surface area contributed by atoms with E-state index >= 15 is 0 Å². The summed E-state index contributed by atoms with van der Waals surface area (Å²) in [5, 5.41) is 6.82. The average Bonchev–Trinajstić information content (AvgIpc) is 2.74. The highest BCUT2D eigenvalue weighted by Crippen LogP contribution is 2.19. The zero-order valence-electron chi connectivity index (χ0n) is 20.7. The molecule has 32 heavy (non-hydrogen) atoms. The van der Waals surface area contributed by atoms with Gasteiger partial charge < -0.3 is 16.4 Å². The highest BCUT2D eigenvalue weighted by Gasteiger charge is 2.23. The van der Waals surface area contributed by atoms with E-state index in [0.29, 0.717) is 18.6 Å². The summed E-state index contributed by atoms with van der Waals surface area (Å²) < 4.78 is 0. The van der Waals surface area contributed by atoms with Crippen molar-refractivity contribution in [3.05, 3.63) is 35.4 Å². The van der Waals surface area contributed by atoms with E-state index in [0.717, 1.165) is 58.1 Å². The van der Waals surface area contributed by atoms with Crippen molar-refractivity contribution >= 4 is 11.9 Å². The van der Waals surface area contributed by atoms with Gasteiger partial charge in [0.1, 0.15) is 0 Å². The number of guanidine groups is 1. The molecule has 4 N–H and O–H groups in total. The number of carbonyl (C=O) groups excluding carboxylic acids is 1. The van der Waals surface area contributed by atoms with Crippen molar-refractivity contribution in [3.63, 3.8) is 0 Å². The number of likely N-dealkylation sites (tertiary alicyclic amines) is 1. The van der Waals surface area contributed by atoms with Crippen LogP contribution in [0.25, 0.3) is 0 Å². The number of benzene rings is 1. The Morgan fingerprint density at radius 1 is 1.22 bits per heavy atom. The van der Waals surface area contributed by atoms with E-state index in [1.54, 1.807) is 0 Å². The lowest BCUT2D eigenvalue weighted by molar-refractivity contribution is -0.123. The number of hydrogen-bond acceptors (Lipinski definition) is 4. The summed E-state index contributed by atoms with van der Waals surface area (Å²) in [7, 11) is 0. The molecule has 180 valence electrons. The largest absolute Gasteiger partial charge is 0.369 e. The standard InChI is InChI=1S/C25H44N6O/c1-6-27-25(28-12-14-31(19(2)3)20(4)5)29-16-21-9-7-10-22(15-21)17-30-13-8-11-23(18-30)24(26)32/h7,9-10,15,19-20,23H,6,8,11-14,16-18H2,1-5H3,(H2,26,32)(H2,27,28,29). The molecule has 1 fully saturated rings. The monoisotopic (exact) mass is 444 g/mol. The molecule has 0 bridgehead atoms. The molecular formula is C25H44N6O. The molecule has 0 saturated carbocycles. The second-order valence-corrected chi connectivity index (χ2v) is 9.34. The summed E-state index contributed by atoms with van der Waals surface area (Å²) in [6, 6.07) is 9.64. The van der Waals surface area contributed by atoms with Gasteiger partial charge in [-0.05, 0) is 65.1 Å². The third kappa shape index (κ3) is 8.79. The first-order valence-electron chi connectivity index (χ1n) is 12.2. The molecule has 1 aliphatic heterocycles. The maximum atomic E-state index is 11.6. The molecule has 0 radical (unpaired) electrons. The molecule has 1 unspecified atom stereocenters. The molecule has 1 atom stereocenters. The van der Waals surface area contributed by atoms with Crippen molar-refractivity contribution in [2.24, 2.45) is 16.6 Å². The fourth-order valence-electron chi connectivity index (χ4n) is 4.44. The lowest BCUT2D eigenvalue weighted by Gasteiger charge is -2.31. The molecule has 1 saturated heterocycles. The lowest BCUT2D eigenvalue weighted by Crippen LogP contribution is -2.45. The minimum atomic E-state index is -0.175. The van der Waals surface area contributed by atoms with Gasteiger partial charge in [0.05, 0.1) is 12.5 Å². The summed E-state index contributed by atoms with van der Waals surface area (Å²) >= 11 is 0. The normalized spacial score (nSPS) is 17.9. The SMILES string of the molecule is CCNC(=NCc1cccc(CN2CCCC(C(N)=O)C2)c1)NCCN(C(C)C)C(C)C. The van der Waals surface area contributed by atoms with E-state index < -0.39 is 0 Å². The summed E-state index contributed by atoms with van der Waals surface area (Å²) in [5.74, 6) is 0.657. The third-order valence-electron chi connectivity index (χ3n) is 6.06. The molecule has 0 aromatic heterocycles. The Labute approximate surface area is 194 Å². The number of rotatable bonds is 11. The molecule has 7 heteroatoms. The molecule has 1 heterocycles. The molecule has 1 aromatic rings. The van der Waals surface area contributed by atoms with Crippen LogP contribution in [-0.4, -0.2) is 66.5 Å². The minimum Gasteiger partial charge on any atom is -0.369 e. The second kappa shape index (κ2) is 13.4. The van der Waals surface area contributed by atoms with Crippen molar-refractivity contribution in [3.8, 4) is 0 Å². The van der Waals surface area contributed by atoms with Crippen LogP contribution in [0.1, 0.15) is 58.6 Å². The second-order valence-electron chi connectivity index (χ2n) is 9.34. The first kappa shape index (κ1) is 26.1. The van der Waals surface area contributed by atoms with Crippen LogP contribution >= 0.6 is 0 Å². The number of aliphatic imine (C=N–C) groups is 1. The van der Waals surface area contributed by atoms with Gasteiger partial charge in [0, 0.05) is 44.8 Å². The van der Waals surface area contributed by atoms with Crippen molar-refractivity contribution in [1.82, 2.24) is 20.4 Å². The van der Waals surface area contributed by atoms with Crippen LogP contribution in [-0.2, 0) is 17.9 Å². The van der Waals surface area contributed by atoms with Crippen LogP contribution in [0.5, 0.6) is 0 Å². The van der Waals surface area contributed by atoms with Crippen LogP contribution < -0.4 is 16.4 Å². The molecule has 1 aromatic carbocycles. The maximum absolute atomic E-state index is 11.6. The van der Waals surface area contributed by atoms with Gasteiger partial charge in [0.25, 0.3) is 0 Å². The Morgan fingerprint density at radius 3 is 2.59 bits per heavy atom.